The molecule has 0 saturated heterocycles. The van der Waals surface area contributed by atoms with Gasteiger partial charge < -0.3 is 24.6 Å². The van der Waals surface area contributed by atoms with E-state index in [0.29, 0.717) is 36.0 Å². The van der Waals surface area contributed by atoms with Crippen LogP contribution in [0.25, 0.3) is 0 Å². The summed E-state index contributed by atoms with van der Waals surface area (Å²) in [6.45, 7) is 4.14. The van der Waals surface area contributed by atoms with Crippen LogP contribution >= 0.6 is 11.6 Å². The van der Waals surface area contributed by atoms with Crippen molar-refractivity contribution in [2.75, 3.05) is 25.1 Å². The molecule has 8 heteroatoms. The summed E-state index contributed by atoms with van der Waals surface area (Å²) in [7, 11) is 0. The Kier molecular flexibility index (Phi) is 7.31. The number of ether oxygens (including phenoxy) is 3. The van der Waals surface area contributed by atoms with E-state index in [2.05, 4.69) is 5.32 Å². The second-order valence-corrected chi connectivity index (χ2v) is 5.72. The lowest BCUT2D eigenvalue weighted by Gasteiger charge is -2.13. The van der Waals surface area contributed by atoms with Crippen LogP contribution < -0.4 is 19.5 Å². The molecular weight excluding hydrogens is 374 g/mol. The predicted molar refractivity (Wildman–Crippen MR) is 101 cm³/mol. The fraction of sp³-hybridized carbons (Fsp3) is 0.263. The third-order valence-corrected chi connectivity index (χ3v) is 3.64. The molecule has 0 spiro atoms. The van der Waals surface area contributed by atoms with Crippen molar-refractivity contribution in [3.05, 3.63) is 47.0 Å². The van der Waals surface area contributed by atoms with Gasteiger partial charge in [-0.25, -0.2) is 4.79 Å². The molecule has 2 N–H and O–H groups in total. The molecule has 2 aromatic rings. The molecule has 2 aromatic carbocycles. The zero-order valence-corrected chi connectivity index (χ0v) is 15.7. The van der Waals surface area contributed by atoms with E-state index in [0.717, 1.165) is 0 Å². The maximum Gasteiger partial charge on any atom is 0.341 e. The summed E-state index contributed by atoms with van der Waals surface area (Å²) in [5, 5.41) is 11.5. The van der Waals surface area contributed by atoms with Crippen LogP contribution in [0.15, 0.2) is 36.4 Å². The van der Waals surface area contributed by atoms with Crippen LogP contribution in [0.4, 0.5) is 5.69 Å². The van der Waals surface area contributed by atoms with E-state index < -0.39 is 12.6 Å². The lowest BCUT2D eigenvalue weighted by molar-refractivity contribution is -0.139. The van der Waals surface area contributed by atoms with Gasteiger partial charge in [-0.05, 0) is 50.2 Å². The Labute approximate surface area is 161 Å². The number of carbonyl (C=O) groups excluding carboxylic acids is 1. The Hall–Kier alpha value is -2.93. The number of carbonyl (C=O) groups is 2. The third-order valence-electron chi connectivity index (χ3n) is 3.35. The monoisotopic (exact) mass is 393 g/mol. The van der Waals surface area contributed by atoms with Gasteiger partial charge in [0.15, 0.2) is 18.1 Å². The quantitative estimate of drug-likeness (QED) is 0.672. The lowest BCUT2D eigenvalue weighted by Crippen LogP contribution is -2.13. The summed E-state index contributed by atoms with van der Waals surface area (Å²) in [5.74, 6) is -0.184. The van der Waals surface area contributed by atoms with Crippen molar-refractivity contribution >= 4 is 29.2 Å². The first-order valence-electron chi connectivity index (χ1n) is 8.29. The van der Waals surface area contributed by atoms with Crippen molar-refractivity contribution in [1.82, 2.24) is 0 Å². The molecular formula is C19H20ClNO6. The first kappa shape index (κ1) is 20.4. The molecule has 0 aliphatic carbocycles. The average Bonchev–Trinajstić information content (AvgIpc) is 2.62. The molecule has 0 saturated carbocycles. The van der Waals surface area contributed by atoms with Crippen LogP contribution in [0.5, 0.6) is 17.2 Å². The molecule has 0 atom stereocenters. The summed E-state index contributed by atoms with van der Waals surface area (Å²) >= 11 is 6.06. The molecule has 27 heavy (non-hydrogen) atoms. The van der Waals surface area contributed by atoms with Crippen molar-refractivity contribution < 1.29 is 28.9 Å². The molecule has 0 radical (unpaired) electrons. The first-order chi connectivity index (χ1) is 12.9. The van der Waals surface area contributed by atoms with E-state index in [1.165, 1.54) is 12.1 Å². The van der Waals surface area contributed by atoms with Crippen molar-refractivity contribution in [2.45, 2.75) is 13.8 Å². The molecule has 0 fully saturated rings. The summed E-state index contributed by atoms with van der Waals surface area (Å²) in [5.41, 5.74) is 0.837. The Bertz CT molecular complexity index is 824. The Morgan fingerprint density at radius 3 is 2.26 bits per heavy atom. The molecule has 0 aliphatic rings. The molecule has 0 heterocycles. The van der Waals surface area contributed by atoms with E-state index in [-0.39, 0.29) is 16.7 Å². The summed E-state index contributed by atoms with van der Waals surface area (Å²) in [6, 6.07) is 9.46. The third kappa shape index (κ3) is 5.79. The maximum absolute atomic E-state index is 12.5. The highest BCUT2D eigenvalue weighted by Gasteiger charge is 2.13. The number of nitrogens with one attached hydrogen (secondary N) is 1. The van der Waals surface area contributed by atoms with Crippen LogP contribution in [-0.4, -0.2) is 36.8 Å². The fourth-order valence-corrected chi connectivity index (χ4v) is 2.47. The largest absolute Gasteiger partial charge is 0.490 e. The molecule has 1 amide bonds. The average molecular weight is 394 g/mol. The number of amides is 1. The minimum absolute atomic E-state index is 0.191. The number of halogens is 1. The van der Waals surface area contributed by atoms with Gasteiger partial charge in [0.25, 0.3) is 5.91 Å². The van der Waals surface area contributed by atoms with Gasteiger partial charge >= 0.3 is 5.97 Å². The van der Waals surface area contributed by atoms with Gasteiger partial charge in [0.05, 0.1) is 18.2 Å². The number of carboxylic acid groups (broad SMARTS) is 1. The molecule has 0 unspecified atom stereocenters. The van der Waals surface area contributed by atoms with E-state index in [1.807, 2.05) is 13.8 Å². The highest BCUT2D eigenvalue weighted by molar-refractivity contribution is 6.32. The highest BCUT2D eigenvalue weighted by Crippen LogP contribution is 2.30. The van der Waals surface area contributed by atoms with Gasteiger partial charge in [0.2, 0.25) is 0 Å². The maximum atomic E-state index is 12.5. The normalized spacial score (nSPS) is 10.2. The van der Waals surface area contributed by atoms with E-state index in [9.17, 15) is 9.59 Å². The molecule has 144 valence electrons. The Morgan fingerprint density at radius 2 is 1.63 bits per heavy atom. The number of anilines is 1. The van der Waals surface area contributed by atoms with Gasteiger partial charge in [0, 0.05) is 11.3 Å². The van der Waals surface area contributed by atoms with Gasteiger partial charge in [-0.3, -0.25) is 4.79 Å². The number of carboxylic acids is 1. The van der Waals surface area contributed by atoms with Crippen molar-refractivity contribution in [3.8, 4) is 17.2 Å². The SMILES string of the molecule is CCOc1ccc(C(=O)Nc2ccc(OCC(=O)O)c(Cl)c2)cc1OCC. The minimum Gasteiger partial charge on any atom is -0.490 e. The molecule has 7 nitrogen and oxygen atoms in total. The van der Waals surface area contributed by atoms with E-state index in [4.69, 9.17) is 30.9 Å². The van der Waals surface area contributed by atoms with Gasteiger partial charge in [-0.1, -0.05) is 11.6 Å². The van der Waals surface area contributed by atoms with Crippen LogP contribution in [0.1, 0.15) is 24.2 Å². The molecule has 0 aliphatic heterocycles. The van der Waals surface area contributed by atoms with Gasteiger partial charge in [-0.2, -0.15) is 0 Å². The molecule has 0 aromatic heterocycles. The number of hydrogen-bond donors (Lipinski definition) is 2. The Balaban J connectivity index is 2.13. The zero-order valence-electron chi connectivity index (χ0n) is 15.0. The zero-order chi connectivity index (χ0) is 19.8. The topological polar surface area (TPSA) is 94.1 Å². The van der Waals surface area contributed by atoms with Crippen LogP contribution in [0.3, 0.4) is 0 Å². The second kappa shape index (κ2) is 9.68. The second-order valence-electron chi connectivity index (χ2n) is 5.31. The van der Waals surface area contributed by atoms with E-state index >= 15 is 0 Å². The minimum atomic E-state index is -1.11. The van der Waals surface area contributed by atoms with E-state index in [1.54, 1.807) is 24.3 Å². The van der Waals surface area contributed by atoms with Gasteiger partial charge in [0.1, 0.15) is 5.75 Å². The number of aliphatic carboxylic acids is 1. The Morgan fingerprint density at radius 1 is 0.963 bits per heavy atom. The summed E-state index contributed by atoms with van der Waals surface area (Å²) in [6.07, 6.45) is 0. The van der Waals surface area contributed by atoms with Gasteiger partial charge in [-0.15, -0.1) is 0 Å². The number of hydrogen-bond acceptors (Lipinski definition) is 5. The lowest BCUT2D eigenvalue weighted by atomic mass is 10.1. The van der Waals surface area contributed by atoms with Crippen LogP contribution in [-0.2, 0) is 4.79 Å². The standard InChI is InChI=1S/C19H20ClNO6/c1-3-25-16-7-5-12(9-17(16)26-4-2)19(24)21-13-6-8-15(14(20)10-13)27-11-18(22)23/h5-10H,3-4,11H2,1-2H3,(H,21,24)(H,22,23). The predicted octanol–water partition coefficient (Wildman–Crippen LogP) is 3.85. The van der Waals surface area contributed by atoms with Crippen molar-refractivity contribution in [2.24, 2.45) is 0 Å². The smallest absolute Gasteiger partial charge is 0.341 e. The first-order valence-corrected chi connectivity index (χ1v) is 8.67. The highest BCUT2D eigenvalue weighted by atomic mass is 35.5. The van der Waals surface area contributed by atoms with Crippen LogP contribution in [0, 0.1) is 0 Å². The summed E-state index contributed by atoms with van der Waals surface area (Å²) in [4.78, 5) is 23.0. The summed E-state index contributed by atoms with van der Waals surface area (Å²) < 4.78 is 16.0. The fourth-order valence-electron chi connectivity index (χ4n) is 2.23. The number of benzene rings is 2. The molecule has 0 bridgehead atoms. The van der Waals surface area contributed by atoms with Crippen molar-refractivity contribution in [3.63, 3.8) is 0 Å². The molecule has 2 rings (SSSR count). The van der Waals surface area contributed by atoms with Crippen LogP contribution in [0.2, 0.25) is 5.02 Å². The van der Waals surface area contributed by atoms with Crippen molar-refractivity contribution in [1.29, 1.82) is 0 Å². The number of rotatable bonds is 9.